The number of hydrogen-bond donors (Lipinski definition) is 1. The summed E-state index contributed by atoms with van der Waals surface area (Å²) in [4.78, 5) is 3.01. The minimum Gasteiger partial charge on any atom is -0.388 e. The Kier molecular flexibility index (Phi) is 3.88. The average molecular weight is 382 g/mol. The lowest BCUT2D eigenvalue weighted by molar-refractivity contribution is -0.276. The third kappa shape index (κ3) is 3.96. The van der Waals surface area contributed by atoms with E-state index in [1.165, 1.54) is 6.92 Å². The molecule has 0 spiro atoms. The molecule has 0 fully saturated rings. The van der Waals surface area contributed by atoms with Crippen molar-refractivity contribution in [1.29, 1.82) is 0 Å². The molecule has 1 heterocycles. The fraction of sp³-hybridized carbons (Fsp3) is 0.286. The molecule has 0 aliphatic rings. The molecule has 0 aromatic carbocycles. The second-order valence-electron chi connectivity index (χ2n) is 2.97. The molecular formula is C7H6F3IN2O3S. The number of primary sulfonamides is 1. The molecule has 0 bridgehead atoms. The lowest BCUT2D eigenvalue weighted by Gasteiger charge is -2.11. The molecule has 0 amide bonds. The predicted octanol–water partition coefficient (Wildman–Crippen LogP) is 1.54. The van der Waals surface area contributed by atoms with Crippen LogP contribution in [0.5, 0.6) is 5.88 Å². The Hall–Kier alpha value is -0.620. The average Bonchev–Trinajstić information content (AvgIpc) is 2.06. The SMILES string of the molecule is Cc1c(S(N)(=O)=O)cc(OC(F)(F)F)nc1I. The number of nitrogens with zero attached hydrogens (tertiary/aromatic N) is 1. The lowest BCUT2D eigenvalue weighted by atomic mass is 10.3. The van der Waals surface area contributed by atoms with Crippen LogP contribution in [0.1, 0.15) is 5.56 Å². The number of pyridine rings is 1. The molecule has 0 radical (unpaired) electrons. The van der Waals surface area contributed by atoms with Gasteiger partial charge in [0, 0.05) is 11.6 Å². The van der Waals surface area contributed by atoms with E-state index in [0.29, 0.717) is 6.07 Å². The van der Waals surface area contributed by atoms with Crippen molar-refractivity contribution in [3.63, 3.8) is 0 Å². The highest BCUT2D eigenvalue weighted by Crippen LogP contribution is 2.27. The van der Waals surface area contributed by atoms with Gasteiger partial charge in [0.05, 0.1) is 4.90 Å². The summed E-state index contributed by atoms with van der Waals surface area (Å²) in [5.74, 6) is -0.864. The van der Waals surface area contributed by atoms with Gasteiger partial charge in [-0.15, -0.1) is 13.2 Å². The minimum atomic E-state index is -4.94. The van der Waals surface area contributed by atoms with Crippen LogP contribution >= 0.6 is 22.6 Å². The van der Waals surface area contributed by atoms with Crippen LogP contribution in [0.25, 0.3) is 0 Å². The van der Waals surface area contributed by atoms with Crippen LogP contribution in [-0.2, 0) is 10.0 Å². The number of nitrogens with two attached hydrogens (primary N) is 1. The van der Waals surface area contributed by atoms with Crippen molar-refractivity contribution in [2.24, 2.45) is 5.14 Å². The van der Waals surface area contributed by atoms with Crippen LogP contribution in [0.2, 0.25) is 0 Å². The maximum Gasteiger partial charge on any atom is 0.574 e. The zero-order valence-corrected chi connectivity index (χ0v) is 11.2. The Morgan fingerprint density at radius 3 is 2.41 bits per heavy atom. The molecule has 0 aliphatic carbocycles. The molecular weight excluding hydrogens is 376 g/mol. The van der Waals surface area contributed by atoms with Gasteiger partial charge in [-0.25, -0.2) is 18.5 Å². The van der Waals surface area contributed by atoms with Gasteiger partial charge in [0.1, 0.15) is 3.70 Å². The minimum absolute atomic E-state index is 0.0633. The van der Waals surface area contributed by atoms with E-state index in [2.05, 4.69) is 9.72 Å². The molecule has 0 saturated carbocycles. The van der Waals surface area contributed by atoms with E-state index in [4.69, 9.17) is 5.14 Å². The zero-order valence-electron chi connectivity index (χ0n) is 8.25. The molecule has 0 aliphatic heterocycles. The van der Waals surface area contributed by atoms with Crippen LogP contribution in [0.15, 0.2) is 11.0 Å². The Morgan fingerprint density at radius 1 is 1.47 bits per heavy atom. The van der Waals surface area contributed by atoms with Crippen LogP contribution < -0.4 is 9.88 Å². The van der Waals surface area contributed by atoms with E-state index in [0.717, 1.165) is 0 Å². The molecule has 17 heavy (non-hydrogen) atoms. The lowest BCUT2D eigenvalue weighted by Crippen LogP contribution is -2.20. The number of hydrogen-bond acceptors (Lipinski definition) is 4. The molecule has 0 atom stereocenters. The van der Waals surface area contributed by atoms with Crippen molar-refractivity contribution >= 4 is 32.6 Å². The van der Waals surface area contributed by atoms with Gasteiger partial charge in [0.15, 0.2) is 0 Å². The number of rotatable bonds is 2. The monoisotopic (exact) mass is 382 g/mol. The Morgan fingerprint density at radius 2 is 2.00 bits per heavy atom. The maximum atomic E-state index is 12.0. The van der Waals surface area contributed by atoms with Crippen molar-refractivity contribution in [1.82, 2.24) is 4.98 Å². The number of ether oxygens (including phenoxy) is 1. The highest BCUT2D eigenvalue weighted by molar-refractivity contribution is 14.1. The van der Waals surface area contributed by atoms with Crippen molar-refractivity contribution in [2.75, 3.05) is 0 Å². The van der Waals surface area contributed by atoms with Gasteiger partial charge in [-0.2, -0.15) is 0 Å². The normalized spacial score (nSPS) is 12.6. The van der Waals surface area contributed by atoms with Crippen LogP contribution in [-0.4, -0.2) is 19.8 Å². The van der Waals surface area contributed by atoms with E-state index in [1.807, 2.05) is 0 Å². The van der Waals surface area contributed by atoms with Gasteiger partial charge in [0.25, 0.3) is 0 Å². The van der Waals surface area contributed by atoms with Crippen LogP contribution in [0.4, 0.5) is 13.2 Å². The number of sulfonamides is 1. The van der Waals surface area contributed by atoms with Gasteiger partial charge in [-0.05, 0) is 29.5 Å². The summed E-state index contributed by atoms with van der Waals surface area (Å²) in [6, 6.07) is 0.639. The highest BCUT2D eigenvalue weighted by atomic mass is 127. The Bertz CT molecular complexity index is 544. The smallest absolute Gasteiger partial charge is 0.388 e. The summed E-state index contributed by atoms with van der Waals surface area (Å²) >= 11 is 1.59. The summed E-state index contributed by atoms with van der Waals surface area (Å²) in [7, 11) is -4.13. The van der Waals surface area contributed by atoms with E-state index < -0.39 is 27.2 Å². The summed E-state index contributed by atoms with van der Waals surface area (Å²) in [6.07, 6.45) is -4.94. The first-order valence-electron chi connectivity index (χ1n) is 3.96. The summed E-state index contributed by atoms with van der Waals surface area (Å²) in [5.41, 5.74) is 0.169. The topological polar surface area (TPSA) is 82.3 Å². The zero-order chi connectivity index (χ0) is 13.4. The largest absolute Gasteiger partial charge is 0.574 e. The van der Waals surface area contributed by atoms with Crippen LogP contribution in [0.3, 0.4) is 0 Å². The van der Waals surface area contributed by atoms with Crippen molar-refractivity contribution in [2.45, 2.75) is 18.2 Å². The fourth-order valence-electron chi connectivity index (χ4n) is 1.00. The van der Waals surface area contributed by atoms with Crippen molar-refractivity contribution in [3.05, 3.63) is 15.3 Å². The first-order chi connectivity index (χ1) is 7.50. The maximum absolute atomic E-state index is 12.0. The van der Waals surface area contributed by atoms with Gasteiger partial charge >= 0.3 is 6.36 Å². The molecule has 1 rings (SSSR count). The van der Waals surface area contributed by atoms with E-state index >= 15 is 0 Å². The van der Waals surface area contributed by atoms with E-state index in [-0.39, 0.29) is 9.26 Å². The number of halogens is 4. The first-order valence-corrected chi connectivity index (χ1v) is 6.59. The Balaban J connectivity index is 3.35. The van der Waals surface area contributed by atoms with Gasteiger partial charge in [-0.3, -0.25) is 0 Å². The molecule has 2 N–H and O–H groups in total. The first kappa shape index (κ1) is 14.4. The second kappa shape index (κ2) is 4.57. The highest BCUT2D eigenvalue weighted by Gasteiger charge is 2.32. The molecule has 0 unspecified atom stereocenters. The predicted molar refractivity (Wildman–Crippen MR) is 59.7 cm³/mol. The molecule has 0 saturated heterocycles. The fourth-order valence-corrected chi connectivity index (χ4v) is 2.50. The van der Waals surface area contributed by atoms with Gasteiger partial charge < -0.3 is 4.74 Å². The van der Waals surface area contributed by atoms with Gasteiger partial charge in [-0.1, -0.05) is 0 Å². The number of aromatic nitrogens is 1. The third-order valence-electron chi connectivity index (χ3n) is 1.67. The Labute approximate surface area is 108 Å². The van der Waals surface area contributed by atoms with Crippen LogP contribution in [0, 0.1) is 10.6 Å². The summed E-state index contributed by atoms with van der Waals surface area (Å²) < 4.78 is 61.7. The molecule has 1 aromatic heterocycles. The second-order valence-corrected chi connectivity index (χ2v) is 5.52. The van der Waals surface area contributed by atoms with E-state index in [9.17, 15) is 21.6 Å². The quantitative estimate of drug-likeness (QED) is 0.622. The number of alkyl halides is 3. The molecule has 10 heteroatoms. The van der Waals surface area contributed by atoms with Gasteiger partial charge in [0.2, 0.25) is 15.9 Å². The van der Waals surface area contributed by atoms with Crippen molar-refractivity contribution < 1.29 is 26.3 Å². The molecule has 1 aromatic rings. The summed E-state index contributed by atoms with van der Waals surface area (Å²) in [6.45, 7) is 1.38. The standard InChI is InChI=1S/C7H6F3IN2O3S/c1-3-4(17(12,14)15)2-5(13-6(3)11)16-7(8,9)10/h2H,1H3,(H2,12,14,15). The third-order valence-corrected chi connectivity index (χ3v) is 3.76. The molecule has 96 valence electrons. The molecule has 5 nitrogen and oxygen atoms in total. The van der Waals surface area contributed by atoms with Crippen molar-refractivity contribution in [3.8, 4) is 5.88 Å². The summed E-state index contributed by atoms with van der Waals surface area (Å²) in [5, 5.41) is 4.86. The van der Waals surface area contributed by atoms with E-state index in [1.54, 1.807) is 22.6 Å².